The van der Waals surface area contributed by atoms with Crippen LogP contribution in [0, 0.1) is 6.92 Å². The second kappa shape index (κ2) is 5.46. The lowest BCUT2D eigenvalue weighted by molar-refractivity contribution is 0.565. The van der Waals surface area contributed by atoms with Crippen molar-refractivity contribution >= 4 is 10.0 Å². The Morgan fingerprint density at radius 2 is 1.94 bits per heavy atom. The van der Waals surface area contributed by atoms with Crippen LogP contribution in [0.15, 0.2) is 24.3 Å². The Kier molecular flexibility index (Phi) is 4.50. The monoisotopic (exact) mass is 241 g/mol. The van der Waals surface area contributed by atoms with Gasteiger partial charge in [0.15, 0.2) is 0 Å². The fourth-order valence-corrected chi connectivity index (χ4v) is 3.05. The molecule has 0 spiro atoms. The molecule has 90 valence electrons. The van der Waals surface area contributed by atoms with Gasteiger partial charge in [-0.05, 0) is 31.4 Å². The third-order valence-electron chi connectivity index (χ3n) is 2.48. The fraction of sp³-hybridized carbons (Fsp3) is 0.500. The molecule has 1 aromatic carbocycles. The summed E-state index contributed by atoms with van der Waals surface area (Å²) >= 11 is 0. The Hall–Kier alpha value is -0.870. The van der Waals surface area contributed by atoms with Gasteiger partial charge >= 0.3 is 0 Å². The van der Waals surface area contributed by atoms with E-state index in [2.05, 4.69) is 4.72 Å². The van der Waals surface area contributed by atoms with Crippen LogP contribution in [0.5, 0.6) is 0 Å². The summed E-state index contributed by atoms with van der Waals surface area (Å²) in [6, 6.07) is 7.64. The first kappa shape index (κ1) is 13.2. The second-order valence-electron chi connectivity index (χ2n) is 4.01. The minimum absolute atomic E-state index is 0.169. The van der Waals surface area contributed by atoms with Crippen molar-refractivity contribution in [2.24, 2.45) is 0 Å². The summed E-state index contributed by atoms with van der Waals surface area (Å²) < 4.78 is 25.9. The van der Waals surface area contributed by atoms with Gasteiger partial charge in [0.05, 0.1) is 5.75 Å². The van der Waals surface area contributed by atoms with Crippen LogP contribution in [0.25, 0.3) is 0 Å². The topological polar surface area (TPSA) is 46.2 Å². The largest absolute Gasteiger partial charge is 0.212 e. The summed E-state index contributed by atoms with van der Waals surface area (Å²) in [5.74, 6) is 0.184. The van der Waals surface area contributed by atoms with E-state index < -0.39 is 10.0 Å². The van der Waals surface area contributed by atoms with Gasteiger partial charge in [-0.15, -0.1) is 0 Å². The van der Waals surface area contributed by atoms with E-state index in [1.54, 1.807) is 0 Å². The van der Waals surface area contributed by atoms with Crippen molar-refractivity contribution in [3.8, 4) is 0 Å². The summed E-state index contributed by atoms with van der Waals surface area (Å²) in [6.45, 7) is 5.72. The number of hydrogen-bond acceptors (Lipinski definition) is 2. The Bertz CT molecular complexity index is 440. The summed E-state index contributed by atoms with van der Waals surface area (Å²) in [5, 5.41) is 0. The van der Waals surface area contributed by atoms with Gasteiger partial charge in [0.25, 0.3) is 0 Å². The first-order valence-corrected chi connectivity index (χ1v) is 7.17. The molecule has 1 atom stereocenters. The van der Waals surface area contributed by atoms with Crippen molar-refractivity contribution in [3.63, 3.8) is 0 Å². The summed E-state index contributed by atoms with van der Waals surface area (Å²) in [4.78, 5) is 0. The standard InChI is InChI=1S/C12H19NO2S/c1-4-9-16(14,15)13-11(3)12-8-6-5-7-10(12)2/h5-8,11,13H,4,9H2,1-3H3. The van der Waals surface area contributed by atoms with Gasteiger partial charge in [0.2, 0.25) is 10.0 Å². The molecule has 0 radical (unpaired) electrons. The maximum absolute atomic E-state index is 11.6. The molecule has 1 rings (SSSR count). The van der Waals surface area contributed by atoms with Crippen molar-refractivity contribution in [2.45, 2.75) is 33.2 Å². The zero-order valence-electron chi connectivity index (χ0n) is 10.0. The van der Waals surface area contributed by atoms with Crippen LogP contribution >= 0.6 is 0 Å². The van der Waals surface area contributed by atoms with Crippen LogP contribution in [-0.2, 0) is 10.0 Å². The minimum atomic E-state index is -3.15. The van der Waals surface area contributed by atoms with E-state index in [4.69, 9.17) is 0 Å². The average Bonchev–Trinajstić information content (AvgIpc) is 2.17. The summed E-state index contributed by atoms with van der Waals surface area (Å²) in [6.07, 6.45) is 0.635. The lowest BCUT2D eigenvalue weighted by atomic mass is 10.0. The molecule has 0 aromatic heterocycles. The number of rotatable bonds is 5. The molecule has 4 heteroatoms. The number of aryl methyl sites for hydroxylation is 1. The van der Waals surface area contributed by atoms with Gasteiger partial charge < -0.3 is 0 Å². The molecule has 0 heterocycles. The molecule has 1 N–H and O–H groups in total. The van der Waals surface area contributed by atoms with Gasteiger partial charge in [-0.1, -0.05) is 31.2 Å². The lowest BCUT2D eigenvalue weighted by Crippen LogP contribution is -2.29. The highest BCUT2D eigenvalue weighted by molar-refractivity contribution is 7.89. The Balaban J connectivity index is 2.81. The molecule has 0 saturated carbocycles. The number of sulfonamides is 1. The van der Waals surface area contributed by atoms with E-state index in [0.717, 1.165) is 11.1 Å². The van der Waals surface area contributed by atoms with E-state index >= 15 is 0 Å². The normalized spacial score (nSPS) is 13.7. The van der Waals surface area contributed by atoms with Crippen LogP contribution in [0.2, 0.25) is 0 Å². The molecule has 3 nitrogen and oxygen atoms in total. The highest BCUT2D eigenvalue weighted by Gasteiger charge is 2.15. The smallest absolute Gasteiger partial charge is 0.212 e. The fourth-order valence-electron chi connectivity index (χ4n) is 1.73. The van der Waals surface area contributed by atoms with Crippen molar-refractivity contribution in [2.75, 3.05) is 5.75 Å². The Morgan fingerprint density at radius 1 is 1.31 bits per heavy atom. The molecule has 0 bridgehead atoms. The van der Waals surface area contributed by atoms with Gasteiger partial charge in [0, 0.05) is 6.04 Å². The minimum Gasteiger partial charge on any atom is -0.212 e. The zero-order valence-corrected chi connectivity index (χ0v) is 10.8. The Labute approximate surface area is 97.9 Å². The molecular formula is C12H19NO2S. The van der Waals surface area contributed by atoms with Crippen LogP contribution < -0.4 is 4.72 Å². The molecule has 1 unspecified atom stereocenters. The molecule has 0 amide bonds. The maximum Gasteiger partial charge on any atom is 0.212 e. The van der Waals surface area contributed by atoms with Crippen molar-refractivity contribution in [1.82, 2.24) is 4.72 Å². The van der Waals surface area contributed by atoms with E-state index in [-0.39, 0.29) is 11.8 Å². The van der Waals surface area contributed by atoms with Crippen LogP contribution in [-0.4, -0.2) is 14.2 Å². The molecule has 1 aromatic rings. The quantitative estimate of drug-likeness (QED) is 0.860. The molecule has 0 aliphatic carbocycles. The number of nitrogens with one attached hydrogen (secondary N) is 1. The first-order chi connectivity index (χ1) is 7.46. The zero-order chi connectivity index (χ0) is 12.2. The van der Waals surface area contributed by atoms with Crippen LogP contribution in [0.1, 0.15) is 37.4 Å². The molecule has 0 aliphatic heterocycles. The number of hydrogen-bond donors (Lipinski definition) is 1. The lowest BCUT2D eigenvalue weighted by Gasteiger charge is -2.16. The van der Waals surface area contributed by atoms with Crippen molar-refractivity contribution in [1.29, 1.82) is 0 Å². The van der Waals surface area contributed by atoms with Crippen LogP contribution in [0.4, 0.5) is 0 Å². The van der Waals surface area contributed by atoms with E-state index in [9.17, 15) is 8.42 Å². The van der Waals surface area contributed by atoms with Gasteiger partial charge in [-0.3, -0.25) is 0 Å². The van der Waals surface area contributed by atoms with E-state index in [1.165, 1.54) is 0 Å². The average molecular weight is 241 g/mol. The van der Waals surface area contributed by atoms with E-state index in [0.29, 0.717) is 6.42 Å². The molecular weight excluding hydrogens is 222 g/mol. The highest BCUT2D eigenvalue weighted by Crippen LogP contribution is 2.17. The van der Waals surface area contributed by atoms with E-state index in [1.807, 2.05) is 45.0 Å². The Morgan fingerprint density at radius 3 is 2.50 bits per heavy atom. The van der Waals surface area contributed by atoms with Crippen LogP contribution in [0.3, 0.4) is 0 Å². The molecule has 16 heavy (non-hydrogen) atoms. The van der Waals surface area contributed by atoms with Gasteiger partial charge in [-0.2, -0.15) is 0 Å². The third kappa shape index (κ3) is 3.61. The first-order valence-electron chi connectivity index (χ1n) is 5.52. The van der Waals surface area contributed by atoms with Crippen molar-refractivity contribution < 1.29 is 8.42 Å². The van der Waals surface area contributed by atoms with Crippen molar-refractivity contribution in [3.05, 3.63) is 35.4 Å². The second-order valence-corrected chi connectivity index (χ2v) is 5.89. The van der Waals surface area contributed by atoms with Gasteiger partial charge in [-0.25, -0.2) is 13.1 Å². The third-order valence-corrected chi connectivity index (χ3v) is 4.14. The molecule has 0 saturated heterocycles. The molecule has 0 aliphatic rings. The maximum atomic E-state index is 11.6. The SMILES string of the molecule is CCCS(=O)(=O)NC(C)c1ccccc1C. The summed E-state index contributed by atoms with van der Waals surface area (Å²) in [5.41, 5.74) is 2.14. The molecule has 0 fully saturated rings. The summed E-state index contributed by atoms with van der Waals surface area (Å²) in [7, 11) is -3.15. The predicted octanol–water partition coefficient (Wildman–Crippen LogP) is 2.39. The highest BCUT2D eigenvalue weighted by atomic mass is 32.2. The van der Waals surface area contributed by atoms with Gasteiger partial charge in [0.1, 0.15) is 0 Å². The number of benzene rings is 1. The predicted molar refractivity (Wildman–Crippen MR) is 66.8 cm³/mol.